The van der Waals surface area contributed by atoms with Gasteiger partial charge in [-0.2, -0.15) is 0 Å². The summed E-state index contributed by atoms with van der Waals surface area (Å²) in [5.41, 5.74) is 6.21. The summed E-state index contributed by atoms with van der Waals surface area (Å²) in [6, 6.07) is 0. The molecule has 2 nitrogen and oxygen atoms in total. The maximum absolute atomic E-state index is 12.7. The summed E-state index contributed by atoms with van der Waals surface area (Å²) in [6.07, 6.45) is 3.46. The summed E-state index contributed by atoms with van der Waals surface area (Å²) in [5, 5.41) is 0.285. The average Bonchev–Trinajstić information content (AvgIpc) is 2.24. The molecule has 108 valence electrons. The molecule has 4 atom stereocenters. The minimum Gasteiger partial charge on any atom is -0.330 e. The van der Waals surface area contributed by atoms with Gasteiger partial charge in [-0.3, -0.25) is 4.21 Å². The SMILES string of the molecule is CC(C)(C)C1CCC(CN)C(S(=O)C(C)(C)C)C1. The van der Waals surface area contributed by atoms with Crippen LogP contribution in [0, 0.1) is 17.3 Å². The van der Waals surface area contributed by atoms with E-state index in [9.17, 15) is 4.21 Å². The minimum absolute atomic E-state index is 0.127. The molecule has 1 aliphatic carbocycles. The van der Waals surface area contributed by atoms with Gasteiger partial charge in [0.15, 0.2) is 0 Å². The van der Waals surface area contributed by atoms with Crippen molar-refractivity contribution in [3.63, 3.8) is 0 Å². The van der Waals surface area contributed by atoms with Crippen LogP contribution in [0.3, 0.4) is 0 Å². The zero-order chi connectivity index (χ0) is 14.1. The van der Waals surface area contributed by atoms with E-state index in [0.29, 0.717) is 23.8 Å². The highest BCUT2D eigenvalue weighted by molar-refractivity contribution is 7.87. The summed E-state index contributed by atoms with van der Waals surface area (Å²) in [7, 11) is -0.789. The molecule has 0 radical (unpaired) electrons. The molecule has 0 amide bonds. The van der Waals surface area contributed by atoms with Crippen LogP contribution in [0.15, 0.2) is 0 Å². The molecular formula is C15H31NOS. The molecule has 0 aromatic rings. The van der Waals surface area contributed by atoms with Crippen LogP contribution in [-0.2, 0) is 10.8 Å². The van der Waals surface area contributed by atoms with Crippen LogP contribution in [0.25, 0.3) is 0 Å². The lowest BCUT2D eigenvalue weighted by Gasteiger charge is -2.43. The van der Waals surface area contributed by atoms with Crippen LogP contribution in [0.5, 0.6) is 0 Å². The van der Waals surface area contributed by atoms with Gasteiger partial charge in [0.25, 0.3) is 0 Å². The summed E-state index contributed by atoms with van der Waals surface area (Å²) >= 11 is 0. The van der Waals surface area contributed by atoms with Crippen LogP contribution >= 0.6 is 0 Å². The highest BCUT2D eigenvalue weighted by Gasteiger charge is 2.40. The van der Waals surface area contributed by atoms with Crippen LogP contribution in [0.4, 0.5) is 0 Å². The number of hydrogen-bond acceptors (Lipinski definition) is 2. The first kappa shape index (κ1) is 16.2. The third kappa shape index (κ3) is 3.80. The van der Waals surface area contributed by atoms with E-state index in [-0.39, 0.29) is 10.00 Å². The lowest BCUT2D eigenvalue weighted by molar-refractivity contribution is 0.155. The van der Waals surface area contributed by atoms with Gasteiger partial charge in [0.1, 0.15) is 0 Å². The van der Waals surface area contributed by atoms with Crippen molar-refractivity contribution in [2.45, 2.75) is 70.8 Å². The maximum Gasteiger partial charge on any atom is 0.0396 e. The average molecular weight is 273 g/mol. The van der Waals surface area contributed by atoms with Crippen LogP contribution < -0.4 is 5.73 Å². The highest BCUT2D eigenvalue weighted by atomic mass is 32.2. The second kappa shape index (κ2) is 5.62. The normalized spacial score (nSPS) is 32.3. The van der Waals surface area contributed by atoms with Crippen molar-refractivity contribution in [2.75, 3.05) is 6.54 Å². The predicted molar refractivity (Wildman–Crippen MR) is 81.0 cm³/mol. The van der Waals surface area contributed by atoms with E-state index >= 15 is 0 Å². The first-order chi connectivity index (χ1) is 8.07. The summed E-state index contributed by atoms with van der Waals surface area (Å²) in [5.74, 6) is 1.13. The summed E-state index contributed by atoms with van der Waals surface area (Å²) < 4.78 is 12.6. The van der Waals surface area contributed by atoms with E-state index in [0.717, 1.165) is 12.8 Å². The molecule has 1 aliphatic rings. The Morgan fingerprint density at radius 2 is 1.67 bits per heavy atom. The summed E-state index contributed by atoms with van der Waals surface area (Å²) in [4.78, 5) is 0. The Morgan fingerprint density at radius 1 is 1.11 bits per heavy atom. The molecule has 0 aromatic carbocycles. The van der Waals surface area contributed by atoms with E-state index in [4.69, 9.17) is 5.73 Å². The Hall–Kier alpha value is 0.110. The smallest absolute Gasteiger partial charge is 0.0396 e. The van der Waals surface area contributed by atoms with E-state index < -0.39 is 10.8 Å². The molecule has 1 fully saturated rings. The number of nitrogens with two attached hydrogens (primary N) is 1. The molecule has 18 heavy (non-hydrogen) atoms. The van der Waals surface area contributed by atoms with E-state index in [2.05, 4.69) is 41.5 Å². The van der Waals surface area contributed by atoms with Crippen molar-refractivity contribution in [1.29, 1.82) is 0 Å². The quantitative estimate of drug-likeness (QED) is 0.838. The third-order valence-corrected chi connectivity index (χ3v) is 6.67. The third-order valence-electron chi connectivity index (χ3n) is 4.33. The van der Waals surface area contributed by atoms with E-state index in [1.54, 1.807) is 0 Å². The molecule has 1 rings (SSSR count). The van der Waals surface area contributed by atoms with Crippen molar-refractivity contribution >= 4 is 10.8 Å². The van der Waals surface area contributed by atoms with Crippen molar-refractivity contribution in [2.24, 2.45) is 23.0 Å². The minimum atomic E-state index is -0.789. The van der Waals surface area contributed by atoms with Gasteiger partial charge >= 0.3 is 0 Å². The highest BCUT2D eigenvalue weighted by Crippen LogP contribution is 2.42. The molecule has 0 aromatic heterocycles. The Kier molecular flexibility index (Phi) is 5.05. The molecule has 0 bridgehead atoms. The first-order valence-corrected chi connectivity index (χ1v) is 8.39. The monoisotopic (exact) mass is 273 g/mol. The largest absolute Gasteiger partial charge is 0.330 e. The molecule has 0 aliphatic heterocycles. The fourth-order valence-electron chi connectivity index (χ4n) is 2.96. The Balaban J connectivity index is 2.87. The van der Waals surface area contributed by atoms with Gasteiger partial charge in [-0.1, -0.05) is 20.8 Å². The molecule has 0 heterocycles. The van der Waals surface area contributed by atoms with Crippen LogP contribution in [-0.4, -0.2) is 20.8 Å². The van der Waals surface area contributed by atoms with Gasteiger partial charge < -0.3 is 5.73 Å². The second-order valence-electron chi connectivity index (χ2n) is 7.82. The maximum atomic E-state index is 12.7. The Bertz CT molecular complexity index is 301. The molecule has 3 heteroatoms. The predicted octanol–water partition coefficient (Wildman–Crippen LogP) is 3.32. The molecule has 4 unspecified atom stereocenters. The van der Waals surface area contributed by atoms with Gasteiger partial charge in [-0.05, 0) is 63.8 Å². The molecule has 1 saturated carbocycles. The zero-order valence-corrected chi connectivity index (χ0v) is 13.8. The molecule has 2 N–H and O–H groups in total. The molecule has 0 saturated heterocycles. The van der Waals surface area contributed by atoms with Gasteiger partial charge in [0.2, 0.25) is 0 Å². The lowest BCUT2D eigenvalue weighted by Crippen LogP contribution is -2.44. The fourth-order valence-corrected chi connectivity index (χ4v) is 4.88. The first-order valence-electron chi connectivity index (χ1n) is 7.18. The van der Waals surface area contributed by atoms with Gasteiger partial charge in [-0.15, -0.1) is 0 Å². The summed E-state index contributed by atoms with van der Waals surface area (Å²) in [6.45, 7) is 13.8. The van der Waals surface area contributed by atoms with Gasteiger partial charge in [-0.25, -0.2) is 0 Å². The van der Waals surface area contributed by atoms with Crippen LogP contribution in [0.2, 0.25) is 0 Å². The Labute approximate surface area is 116 Å². The van der Waals surface area contributed by atoms with E-state index in [1.165, 1.54) is 6.42 Å². The van der Waals surface area contributed by atoms with Crippen molar-refractivity contribution < 1.29 is 4.21 Å². The van der Waals surface area contributed by atoms with E-state index in [1.807, 2.05) is 0 Å². The van der Waals surface area contributed by atoms with Crippen molar-refractivity contribution in [3.05, 3.63) is 0 Å². The Morgan fingerprint density at radius 3 is 2.06 bits per heavy atom. The molecular weight excluding hydrogens is 242 g/mol. The number of rotatable bonds is 2. The standard InChI is InChI=1S/C15H31NOS/c1-14(2,3)12-8-7-11(10-16)13(9-12)18(17)15(4,5)6/h11-13H,7-10,16H2,1-6H3. The van der Waals surface area contributed by atoms with Gasteiger partial charge in [0, 0.05) is 20.8 Å². The molecule has 0 spiro atoms. The zero-order valence-electron chi connectivity index (χ0n) is 13.0. The van der Waals surface area contributed by atoms with Gasteiger partial charge in [0.05, 0.1) is 0 Å². The fraction of sp³-hybridized carbons (Fsp3) is 1.00. The number of hydrogen-bond donors (Lipinski definition) is 1. The topological polar surface area (TPSA) is 43.1 Å². The van der Waals surface area contributed by atoms with Crippen LogP contribution in [0.1, 0.15) is 60.8 Å². The van der Waals surface area contributed by atoms with Crippen molar-refractivity contribution in [3.8, 4) is 0 Å². The second-order valence-corrected chi connectivity index (χ2v) is 10.2. The van der Waals surface area contributed by atoms with Crippen molar-refractivity contribution in [1.82, 2.24) is 0 Å². The lowest BCUT2D eigenvalue weighted by atomic mass is 9.69.